The van der Waals surface area contributed by atoms with Crippen molar-refractivity contribution in [3.8, 4) is 11.4 Å². The van der Waals surface area contributed by atoms with Crippen molar-refractivity contribution >= 4 is 18.3 Å². The number of nitrogens with zero attached hydrogens (tertiary/aromatic N) is 4. The summed E-state index contributed by atoms with van der Waals surface area (Å²) in [5.41, 5.74) is 7.56. The van der Waals surface area contributed by atoms with Gasteiger partial charge in [0.2, 0.25) is 17.6 Å². The second-order valence-electron chi connectivity index (χ2n) is 7.61. The van der Waals surface area contributed by atoms with Gasteiger partial charge < -0.3 is 15.2 Å². The molecular weight excluding hydrogens is 378 g/mol. The Balaban J connectivity index is 0.00000280. The van der Waals surface area contributed by atoms with E-state index in [-0.39, 0.29) is 18.3 Å². The molecule has 28 heavy (non-hydrogen) atoms. The van der Waals surface area contributed by atoms with E-state index in [0.717, 1.165) is 25.1 Å². The van der Waals surface area contributed by atoms with Crippen molar-refractivity contribution in [1.82, 2.24) is 19.9 Å². The highest BCUT2D eigenvalue weighted by Gasteiger charge is 2.33. The van der Waals surface area contributed by atoms with Crippen molar-refractivity contribution in [3.05, 3.63) is 35.7 Å². The van der Waals surface area contributed by atoms with Gasteiger partial charge in [0.25, 0.3) is 0 Å². The molecule has 1 aliphatic rings. The third-order valence-electron chi connectivity index (χ3n) is 5.05. The molecule has 1 atom stereocenters. The van der Waals surface area contributed by atoms with Crippen LogP contribution < -0.4 is 5.73 Å². The Bertz CT molecular complexity index is 767. The third-order valence-corrected chi connectivity index (χ3v) is 5.05. The average Bonchev–Trinajstić information content (AvgIpc) is 3.11. The Labute approximate surface area is 172 Å². The smallest absolute Gasteiger partial charge is 0.242 e. The Hall–Kier alpha value is -1.96. The number of piperazine rings is 1. The normalized spacial score (nSPS) is 17.1. The summed E-state index contributed by atoms with van der Waals surface area (Å²) in [6.07, 6.45) is 1.61. The fraction of sp³-hybridized carbons (Fsp3) is 0.550. The first-order valence-corrected chi connectivity index (χ1v) is 9.59. The Morgan fingerprint density at radius 1 is 1.21 bits per heavy atom. The minimum atomic E-state index is -0.771. The number of carbonyl (C=O) groups is 1. The van der Waals surface area contributed by atoms with Crippen molar-refractivity contribution in [2.45, 2.75) is 45.7 Å². The van der Waals surface area contributed by atoms with Gasteiger partial charge in [-0.1, -0.05) is 48.3 Å². The molecule has 1 aliphatic heterocycles. The van der Waals surface area contributed by atoms with Crippen LogP contribution in [0, 0.1) is 6.92 Å². The zero-order chi connectivity index (χ0) is 19.4. The predicted octanol–water partition coefficient (Wildman–Crippen LogP) is 2.63. The number of halogens is 1. The number of aryl methyl sites for hydroxylation is 1. The van der Waals surface area contributed by atoms with E-state index in [0.29, 0.717) is 37.8 Å². The van der Waals surface area contributed by atoms with Gasteiger partial charge in [0.1, 0.15) is 0 Å². The fourth-order valence-corrected chi connectivity index (χ4v) is 3.43. The molecule has 1 aromatic heterocycles. The summed E-state index contributed by atoms with van der Waals surface area (Å²) in [5, 5.41) is 4.08. The molecule has 1 amide bonds. The zero-order valence-electron chi connectivity index (χ0n) is 16.9. The Morgan fingerprint density at radius 2 is 1.86 bits per heavy atom. The predicted molar refractivity (Wildman–Crippen MR) is 111 cm³/mol. The minimum Gasteiger partial charge on any atom is -0.339 e. The minimum absolute atomic E-state index is 0. The van der Waals surface area contributed by atoms with E-state index in [1.54, 1.807) is 0 Å². The Kier molecular flexibility index (Phi) is 7.57. The topological polar surface area (TPSA) is 88.5 Å². The molecule has 0 bridgehead atoms. The molecule has 2 heterocycles. The van der Waals surface area contributed by atoms with E-state index >= 15 is 0 Å². The summed E-state index contributed by atoms with van der Waals surface area (Å²) < 4.78 is 5.41. The standard InChI is InChI=1S/C20H29N5O2.ClH/c1-4-9-20(3,21)19(26)25-12-10-24(11-13-25)14-17-22-18(23-27-17)16-7-5-15(2)6-8-16;/h5-8H,4,9-14,21H2,1-3H3;1H. The van der Waals surface area contributed by atoms with Crippen LogP contribution in [0.4, 0.5) is 0 Å². The number of rotatable bonds is 6. The summed E-state index contributed by atoms with van der Waals surface area (Å²) in [6.45, 7) is 9.41. The maximum absolute atomic E-state index is 12.6. The van der Waals surface area contributed by atoms with Gasteiger partial charge >= 0.3 is 0 Å². The molecule has 2 aromatic rings. The summed E-state index contributed by atoms with van der Waals surface area (Å²) >= 11 is 0. The molecule has 0 spiro atoms. The second-order valence-corrected chi connectivity index (χ2v) is 7.61. The molecule has 2 N–H and O–H groups in total. The number of aromatic nitrogens is 2. The first-order valence-electron chi connectivity index (χ1n) is 9.59. The van der Waals surface area contributed by atoms with Gasteiger partial charge in [-0.25, -0.2) is 0 Å². The van der Waals surface area contributed by atoms with Crippen LogP contribution in [0.3, 0.4) is 0 Å². The fourth-order valence-electron chi connectivity index (χ4n) is 3.43. The first kappa shape index (κ1) is 22.3. The van der Waals surface area contributed by atoms with Crippen LogP contribution in [0.15, 0.2) is 28.8 Å². The zero-order valence-corrected chi connectivity index (χ0v) is 17.7. The molecule has 1 unspecified atom stereocenters. The third kappa shape index (κ3) is 5.31. The summed E-state index contributed by atoms with van der Waals surface area (Å²) in [7, 11) is 0. The number of nitrogens with two attached hydrogens (primary N) is 1. The van der Waals surface area contributed by atoms with Gasteiger partial charge in [-0.05, 0) is 20.3 Å². The number of hydrogen-bond acceptors (Lipinski definition) is 6. The highest BCUT2D eigenvalue weighted by Crippen LogP contribution is 2.18. The van der Waals surface area contributed by atoms with Crippen LogP contribution in [-0.2, 0) is 11.3 Å². The molecule has 0 saturated carbocycles. The van der Waals surface area contributed by atoms with Crippen LogP contribution in [-0.4, -0.2) is 57.6 Å². The summed E-state index contributed by atoms with van der Waals surface area (Å²) in [5.74, 6) is 1.25. The molecule has 8 heteroatoms. The lowest BCUT2D eigenvalue weighted by Gasteiger charge is -2.38. The van der Waals surface area contributed by atoms with Crippen molar-refractivity contribution in [1.29, 1.82) is 0 Å². The van der Waals surface area contributed by atoms with Crippen LogP contribution in [0.2, 0.25) is 0 Å². The van der Waals surface area contributed by atoms with Gasteiger partial charge in [-0.15, -0.1) is 12.4 Å². The van der Waals surface area contributed by atoms with Crippen LogP contribution in [0.25, 0.3) is 11.4 Å². The maximum Gasteiger partial charge on any atom is 0.242 e. The van der Waals surface area contributed by atoms with Crippen molar-refractivity contribution in [2.24, 2.45) is 5.73 Å². The highest BCUT2D eigenvalue weighted by atomic mass is 35.5. The number of benzene rings is 1. The molecular formula is C20H30ClN5O2. The van der Waals surface area contributed by atoms with E-state index in [2.05, 4.69) is 15.0 Å². The van der Waals surface area contributed by atoms with E-state index in [1.165, 1.54) is 5.56 Å². The maximum atomic E-state index is 12.6. The van der Waals surface area contributed by atoms with Crippen molar-refractivity contribution in [2.75, 3.05) is 26.2 Å². The first-order chi connectivity index (χ1) is 12.9. The SMILES string of the molecule is CCCC(C)(N)C(=O)N1CCN(Cc2nc(-c3ccc(C)cc3)no2)CC1.Cl. The molecule has 1 aromatic carbocycles. The van der Waals surface area contributed by atoms with Crippen molar-refractivity contribution < 1.29 is 9.32 Å². The number of hydrogen-bond donors (Lipinski definition) is 1. The molecule has 154 valence electrons. The van der Waals surface area contributed by atoms with E-state index in [9.17, 15) is 4.79 Å². The lowest BCUT2D eigenvalue weighted by Crippen LogP contribution is -2.58. The van der Waals surface area contributed by atoms with Gasteiger partial charge in [0.05, 0.1) is 12.1 Å². The van der Waals surface area contributed by atoms with E-state index in [4.69, 9.17) is 10.3 Å². The average molecular weight is 408 g/mol. The van der Waals surface area contributed by atoms with Gasteiger partial charge in [0.15, 0.2) is 0 Å². The molecule has 0 radical (unpaired) electrons. The van der Waals surface area contributed by atoms with Crippen molar-refractivity contribution in [3.63, 3.8) is 0 Å². The van der Waals surface area contributed by atoms with E-state index < -0.39 is 5.54 Å². The molecule has 0 aliphatic carbocycles. The summed E-state index contributed by atoms with van der Waals surface area (Å²) in [4.78, 5) is 21.2. The highest BCUT2D eigenvalue weighted by molar-refractivity contribution is 5.86. The largest absolute Gasteiger partial charge is 0.339 e. The molecule has 3 rings (SSSR count). The Morgan fingerprint density at radius 3 is 2.46 bits per heavy atom. The number of amides is 1. The molecule has 7 nitrogen and oxygen atoms in total. The molecule has 1 saturated heterocycles. The second kappa shape index (κ2) is 9.49. The van der Waals surface area contributed by atoms with Gasteiger partial charge in [-0.2, -0.15) is 4.98 Å². The van der Waals surface area contributed by atoms with Crippen LogP contribution in [0.5, 0.6) is 0 Å². The quantitative estimate of drug-likeness (QED) is 0.791. The monoisotopic (exact) mass is 407 g/mol. The lowest BCUT2D eigenvalue weighted by atomic mass is 9.95. The lowest BCUT2D eigenvalue weighted by molar-refractivity contribution is -0.138. The van der Waals surface area contributed by atoms with Gasteiger partial charge in [0, 0.05) is 31.7 Å². The molecule has 1 fully saturated rings. The van der Waals surface area contributed by atoms with Crippen LogP contribution >= 0.6 is 12.4 Å². The van der Waals surface area contributed by atoms with E-state index in [1.807, 2.05) is 49.9 Å². The number of carbonyl (C=O) groups excluding carboxylic acids is 1. The van der Waals surface area contributed by atoms with Crippen LogP contribution in [0.1, 0.15) is 38.1 Å². The van der Waals surface area contributed by atoms with Gasteiger partial charge in [-0.3, -0.25) is 9.69 Å². The summed E-state index contributed by atoms with van der Waals surface area (Å²) in [6, 6.07) is 8.06.